The Balaban J connectivity index is 2.95. The van der Waals surface area contributed by atoms with Crippen LogP contribution >= 0.6 is 0 Å². The smallest absolute Gasteiger partial charge is 0.194 e. The first-order valence-corrected chi connectivity index (χ1v) is 5.56. The van der Waals surface area contributed by atoms with Crippen molar-refractivity contribution in [2.24, 2.45) is 0 Å². The maximum atomic E-state index is 9.15. The Morgan fingerprint density at radius 2 is 0.889 bits per heavy atom. The molecule has 0 aliphatic heterocycles. The van der Waals surface area contributed by atoms with E-state index in [0.29, 0.717) is 17.2 Å². The summed E-state index contributed by atoms with van der Waals surface area (Å²) in [6, 6.07) is 4.48. The zero-order chi connectivity index (χ0) is 13.7. The van der Waals surface area contributed by atoms with Crippen LogP contribution in [0.15, 0.2) is 18.2 Å². The van der Waals surface area contributed by atoms with Crippen LogP contribution in [0.4, 0.5) is 0 Å². The van der Waals surface area contributed by atoms with Crippen molar-refractivity contribution < 1.29 is 29.5 Å². The molecule has 0 amide bonds. The number of ether oxygens (including phenoxy) is 3. The number of hydrogen-bond donors (Lipinski definition) is 3. The Labute approximate surface area is 105 Å². The second kappa shape index (κ2) is 6.44. The number of aliphatic hydroxyl groups is 3. The highest BCUT2D eigenvalue weighted by Crippen LogP contribution is 2.29. The van der Waals surface area contributed by atoms with Gasteiger partial charge in [-0.05, 0) is 20.8 Å². The zero-order valence-corrected chi connectivity index (χ0v) is 10.5. The largest absolute Gasteiger partial charge is 0.465 e. The third-order valence-electron chi connectivity index (χ3n) is 1.77. The van der Waals surface area contributed by atoms with Crippen LogP contribution in [0.5, 0.6) is 17.2 Å². The van der Waals surface area contributed by atoms with Gasteiger partial charge in [-0.2, -0.15) is 0 Å². The minimum atomic E-state index is -0.994. The molecule has 18 heavy (non-hydrogen) atoms. The molecule has 6 heteroatoms. The second-order valence-electron chi connectivity index (χ2n) is 3.79. The summed E-state index contributed by atoms with van der Waals surface area (Å²) in [5.41, 5.74) is 0. The van der Waals surface area contributed by atoms with Gasteiger partial charge in [0.25, 0.3) is 0 Å². The van der Waals surface area contributed by atoms with Gasteiger partial charge in [0.15, 0.2) is 18.9 Å². The van der Waals surface area contributed by atoms with E-state index < -0.39 is 18.9 Å². The van der Waals surface area contributed by atoms with Gasteiger partial charge in [0, 0.05) is 18.2 Å². The fourth-order valence-corrected chi connectivity index (χ4v) is 1.34. The molecule has 0 bridgehead atoms. The molecule has 1 aromatic rings. The van der Waals surface area contributed by atoms with Crippen molar-refractivity contribution in [2.45, 2.75) is 39.6 Å². The van der Waals surface area contributed by atoms with Gasteiger partial charge in [-0.15, -0.1) is 0 Å². The molecule has 0 saturated carbocycles. The molecule has 0 aliphatic carbocycles. The van der Waals surface area contributed by atoms with E-state index in [2.05, 4.69) is 0 Å². The predicted molar refractivity (Wildman–Crippen MR) is 63.4 cm³/mol. The molecule has 0 aliphatic rings. The standard InChI is InChI=1S/C12H18O6/c1-7(13)16-10-4-11(17-8(2)14)6-12(5-10)18-9(3)15/h4-9,13-15H,1-3H3. The fraction of sp³-hybridized carbons (Fsp3) is 0.500. The molecule has 3 N–H and O–H groups in total. The molecular formula is C12H18O6. The average molecular weight is 258 g/mol. The van der Waals surface area contributed by atoms with Crippen molar-refractivity contribution in [3.63, 3.8) is 0 Å². The molecule has 1 rings (SSSR count). The summed E-state index contributed by atoms with van der Waals surface area (Å²) in [4.78, 5) is 0. The highest BCUT2D eigenvalue weighted by atomic mass is 16.6. The van der Waals surface area contributed by atoms with Crippen LogP contribution in [0, 0.1) is 0 Å². The second-order valence-corrected chi connectivity index (χ2v) is 3.79. The predicted octanol–water partition coefficient (Wildman–Crippen LogP) is 0.838. The number of aliphatic hydroxyl groups excluding tert-OH is 3. The zero-order valence-electron chi connectivity index (χ0n) is 10.5. The van der Waals surface area contributed by atoms with Crippen molar-refractivity contribution >= 4 is 0 Å². The van der Waals surface area contributed by atoms with E-state index in [-0.39, 0.29) is 0 Å². The lowest BCUT2D eigenvalue weighted by Crippen LogP contribution is -2.13. The Kier molecular flexibility index (Phi) is 5.21. The van der Waals surface area contributed by atoms with E-state index in [0.717, 1.165) is 0 Å². The van der Waals surface area contributed by atoms with E-state index >= 15 is 0 Å². The summed E-state index contributed by atoms with van der Waals surface area (Å²) < 4.78 is 15.3. The molecule has 3 atom stereocenters. The molecule has 0 fully saturated rings. The van der Waals surface area contributed by atoms with Gasteiger partial charge in [0.05, 0.1) is 0 Å². The minimum Gasteiger partial charge on any atom is -0.465 e. The Bertz CT molecular complexity index is 305. The third kappa shape index (κ3) is 5.22. The fourth-order valence-electron chi connectivity index (χ4n) is 1.34. The highest BCUT2D eigenvalue weighted by molar-refractivity contribution is 5.42. The van der Waals surface area contributed by atoms with Crippen molar-refractivity contribution in [1.82, 2.24) is 0 Å². The number of rotatable bonds is 6. The molecule has 0 radical (unpaired) electrons. The van der Waals surface area contributed by atoms with Gasteiger partial charge in [-0.25, -0.2) is 0 Å². The minimum absolute atomic E-state index is 0.304. The average Bonchev–Trinajstić information content (AvgIpc) is 2.12. The normalized spacial score (nSPS) is 15.7. The van der Waals surface area contributed by atoms with E-state index in [1.165, 1.54) is 39.0 Å². The van der Waals surface area contributed by atoms with Crippen LogP contribution < -0.4 is 14.2 Å². The van der Waals surface area contributed by atoms with Gasteiger partial charge in [0.2, 0.25) is 0 Å². The van der Waals surface area contributed by atoms with Crippen molar-refractivity contribution in [2.75, 3.05) is 0 Å². The summed E-state index contributed by atoms with van der Waals surface area (Å²) >= 11 is 0. The van der Waals surface area contributed by atoms with Crippen molar-refractivity contribution in [3.05, 3.63) is 18.2 Å². The van der Waals surface area contributed by atoms with Crippen LogP contribution in [0.3, 0.4) is 0 Å². The lowest BCUT2D eigenvalue weighted by molar-refractivity contribution is -0.0102. The maximum absolute atomic E-state index is 9.15. The molecule has 3 unspecified atom stereocenters. The van der Waals surface area contributed by atoms with Crippen LogP contribution in [-0.2, 0) is 0 Å². The third-order valence-corrected chi connectivity index (χ3v) is 1.77. The molecular weight excluding hydrogens is 240 g/mol. The van der Waals surface area contributed by atoms with Crippen LogP contribution in [0.2, 0.25) is 0 Å². The van der Waals surface area contributed by atoms with Crippen LogP contribution in [0.1, 0.15) is 20.8 Å². The SMILES string of the molecule is CC(O)Oc1cc(OC(C)O)cc(OC(C)O)c1. The van der Waals surface area contributed by atoms with Gasteiger partial charge in [-0.1, -0.05) is 0 Å². The summed E-state index contributed by atoms with van der Waals surface area (Å²) in [5.74, 6) is 0.913. The van der Waals surface area contributed by atoms with Gasteiger partial charge in [0.1, 0.15) is 17.2 Å². The van der Waals surface area contributed by atoms with E-state index in [1.54, 1.807) is 0 Å². The molecule has 0 heterocycles. The summed E-state index contributed by atoms with van der Waals surface area (Å²) in [6.07, 6.45) is -2.98. The lowest BCUT2D eigenvalue weighted by Gasteiger charge is -2.16. The molecule has 0 saturated heterocycles. The first kappa shape index (κ1) is 14.6. The number of hydrogen-bond acceptors (Lipinski definition) is 6. The Morgan fingerprint density at radius 1 is 0.667 bits per heavy atom. The van der Waals surface area contributed by atoms with E-state index in [4.69, 9.17) is 29.5 Å². The summed E-state index contributed by atoms with van der Waals surface area (Å²) in [5, 5.41) is 27.4. The van der Waals surface area contributed by atoms with E-state index in [9.17, 15) is 0 Å². The monoisotopic (exact) mass is 258 g/mol. The van der Waals surface area contributed by atoms with Gasteiger partial charge >= 0.3 is 0 Å². The van der Waals surface area contributed by atoms with Crippen LogP contribution in [0.25, 0.3) is 0 Å². The van der Waals surface area contributed by atoms with Gasteiger partial charge in [-0.3, -0.25) is 0 Å². The lowest BCUT2D eigenvalue weighted by atomic mass is 10.3. The molecule has 102 valence electrons. The van der Waals surface area contributed by atoms with E-state index in [1.807, 2.05) is 0 Å². The molecule has 1 aromatic carbocycles. The Morgan fingerprint density at radius 3 is 1.06 bits per heavy atom. The molecule has 6 nitrogen and oxygen atoms in total. The van der Waals surface area contributed by atoms with Crippen LogP contribution in [-0.4, -0.2) is 34.2 Å². The van der Waals surface area contributed by atoms with Crippen molar-refractivity contribution in [3.8, 4) is 17.2 Å². The van der Waals surface area contributed by atoms with Crippen molar-refractivity contribution in [1.29, 1.82) is 0 Å². The number of benzene rings is 1. The molecule has 0 aromatic heterocycles. The first-order chi connectivity index (χ1) is 8.36. The van der Waals surface area contributed by atoms with Gasteiger partial charge < -0.3 is 29.5 Å². The Hall–Kier alpha value is -1.50. The molecule has 0 spiro atoms. The summed E-state index contributed by atoms with van der Waals surface area (Å²) in [6.45, 7) is 4.37. The highest BCUT2D eigenvalue weighted by Gasteiger charge is 2.09. The topological polar surface area (TPSA) is 88.4 Å². The summed E-state index contributed by atoms with van der Waals surface area (Å²) in [7, 11) is 0. The quantitative estimate of drug-likeness (QED) is 0.655. The first-order valence-electron chi connectivity index (χ1n) is 5.56. The maximum Gasteiger partial charge on any atom is 0.194 e.